The van der Waals surface area contributed by atoms with E-state index in [1.807, 2.05) is 0 Å². The van der Waals surface area contributed by atoms with Gasteiger partial charge in [0.2, 0.25) is 0 Å². The fourth-order valence-electron chi connectivity index (χ4n) is 1.88. The number of hydrogen-bond donors (Lipinski definition) is 1. The largest absolute Gasteiger partial charge is 0.276 e. The van der Waals surface area contributed by atoms with Crippen molar-refractivity contribution in [1.29, 1.82) is 0 Å². The van der Waals surface area contributed by atoms with Crippen LogP contribution in [0.1, 0.15) is 36.0 Å². The maximum Gasteiger partial charge on any atom is 0.276 e. The minimum atomic E-state index is -0.303. The van der Waals surface area contributed by atoms with Crippen molar-refractivity contribution in [1.82, 2.24) is 5.48 Å². The van der Waals surface area contributed by atoms with E-state index in [-0.39, 0.29) is 12.0 Å². The molecule has 0 spiro atoms. The van der Waals surface area contributed by atoms with E-state index in [4.69, 9.17) is 16.4 Å². The third-order valence-corrected chi connectivity index (χ3v) is 4.11. The van der Waals surface area contributed by atoms with E-state index in [2.05, 4.69) is 21.4 Å². The van der Waals surface area contributed by atoms with Gasteiger partial charge in [-0.3, -0.25) is 9.63 Å². The van der Waals surface area contributed by atoms with E-state index in [9.17, 15) is 4.79 Å². The molecule has 1 N–H and O–H groups in total. The Kier molecular flexibility index (Phi) is 4.42. The predicted octanol–water partition coefficient (Wildman–Crippen LogP) is 3.71. The van der Waals surface area contributed by atoms with Crippen LogP contribution in [-0.4, -0.2) is 12.0 Å². The van der Waals surface area contributed by atoms with Crippen LogP contribution in [0.5, 0.6) is 0 Å². The number of nitrogens with one attached hydrogen (secondary N) is 1. The molecular formula is C12H13BrClNO2. The van der Waals surface area contributed by atoms with Crippen LogP contribution in [0, 0.1) is 0 Å². The van der Waals surface area contributed by atoms with Gasteiger partial charge in [-0.05, 0) is 40.9 Å². The minimum absolute atomic E-state index is 0.143. The standard InChI is InChI=1S/C12H13BrClNO2/c13-10-7-3-6-9(11(10)14)12(16)15-17-8-4-1-2-5-8/h3,6-8H,1-2,4-5H2,(H,15,16). The molecule has 1 amide bonds. The maximum atomic E-state index is 11.8. The molecule has 1 aromatic carbocycles. The molecule has 1 aromatic rings. The Balaban J connectivity index is 1.97. The number of amides is 1. The van der Waals surface area contributed by atoms with Crippen LogP contribution >= 0.6 is 27.5 Å². The second kappa shape index (κ2) is 5.85. The summed E-state index contributed by atoms with van der Waals surface area (Å²) in [5.41, 5.74) is 2.88. The second-order valence-electron chi connectivity index (χ2n) is 4.06. The van der Waals surface area contributed by atoms with E-state index in [0.717, 1.165) is 25.7 Å². The topological polar surface area (TPSA) is 38.3 Å². The fraction of sp³-hybridized carbons (Fsp3) is 0.417. The van der Waals surface area contributed by atoms with Gasteiger partial charge in [-0.15, -0.1) is 0 Å². The summed E-state index contributed by atoms with van der Waals surface area (Å²) < 4.78 is 0.702. The second-order valence-corrected chi connectivity index (χ2v) is 5.29. The molecule has 2 rings (SSSR count). The summed E-state index contributed by atoms with van der Waals surface area (Å²) in [5.74, 6) is -0.303. The summed E-state index contributed by atoms with van der Waals surface area (Å²) in [5, 5.41) is 0.403. The molecule has 92 valence electrons. The highest BCUT2D eigenvalue weighted by Crippen LogP contribution is 2.26. The van der Waals surface area contributed by atoms with Gasteiger partial charge in [0.05, 0.1) is 16.7 Å². The number of hydroxylamine groups is 1. The van der Waals surface area contributed by atoms with Crippen LogP contribution < -0.4 is 5.48 Å². The molecule has 17 heavy (non-hydrogen) atoms. The molecular weight excluding hydrogens is 305 g/mol. The Morgan fingerprint density at radius 1 is 1.41 bits per heavy atom. The van der Waals surface area contributed by atoms with E-state index in [1.165, 1.54) is 0 Å². The van der Waals surface area contributed by atoms with Crippen LogP contribution in [0.15, 0.2) is 22.7 Å². The molecule has 1 saturated carbocycles. The highest BCUT2D eigenvalue weighted by Gasteiger charge is 2.18. The number of rotatable bonds is 3. The number of benzene rings is 1. The molecule has 1 fully saturated rings. The van der Waals surface area contributed by atoms with Gasteiger partial charge in [-0.25, -0.2) is 5.48 Å². The number of hydrogen-bond acceptors (Lipinski definition) is 2. The first-order valence-electron chi connectivity index (χ1n) is 5.58. The molecule has 1 aliphatic carbocycles. The Labute approximate surface area is 114 Å². The van der Waals surface area contributed by atoms with Crippen molar-refractivity contribution in [3.05, 3.63) is 33.3 Å². The van der Waals surface area contributed by atoms with E-state index < -0.39 is 0 Å². The van der Waals surface area contributed by atoms with Crippen molar-refractivity contribution in [3.8, 4) is 0 Å². The molecule has 5 heteroatoms. The lowest BCUT2D eigenvalue weighted by atomic mass is 10.2. The van der Waals surface area contributed by atoms with Gasteiger partial charge in [0.25, 0.3) is 5.91 Å². The molecule has 0 aliphatic heterocycles. The van der Waals surface area contributed by atoms with Crippen LogP contribution in [0.25, 0.3) is 0 Å². The molecule has 0 saturated heterocycles. The average Bonchev–Trinajstić information content (AvgIpc) is 2.82. The van der Waals surface area contributed by atoms with Crippen LogP contribution in [-0.2, 0) is 4.84 Å². The SMILES string of the molecule is O=C(NOC1CCCC1)c1cccc(Br)c1Cl. The lowest BCUT2D eigenvalue weighted by molar-refractivity contribution is -0.0124. The molecule has 3 nitrogen and oxygen atoms in total. The fourth-order valence-corrected chi connectivity index (χ4v) is 2.46. The van der Waals surface area contributed by atoms with Crippen molar-refractivity contribution in [2.24, 2.45) is 0 Å². The van der Waals surface area contributed by atoms with Crippen molar-refractivity contribution in [3.63, 3.8) is 0 Å². The summed E-state index contributed by atoms with van der Waals surface area (Å²) >= 11 is 9.30. The Bertz CT molecular complexity index is 419. The van der Waals surface area contributed by atoms with Crippen molar-refractivity contribution >= 4 is 33.4 Å². The Morgan fingerprint density at radius 3 is 2.82 bits per heavy atom. The summed E-state index contributed by atoms with van der Waals surface area (Å²) in [6.45, 7) is 0. The van der Waals surface area contributed by atoms with Crippen molar-refractivity contribution < 1.29 is 9.63 Å². The molecule has 0 heterocycles. The van der Waals surface area contributed by atoms with Gasteiger partial charge in [0.15, 0.2) is 0 Å². The van der Waals surface area contributed by atoms with E-state index in [1.54, 1.807) is 18.2 Å². The van der Waals surface area contributed by atoms with Crippen LogP contribution in [0.4, 0.5) is 0 Å². The van der Waals surface area contributed by atoms with Crippen molar-refractivity contribution in [2.45, 2.75) is 31.8 Å². The third-order valence-electron chi connectivity index (χ3n) is 2.82. The normalized spacial score (nSPS) is 16.1. The summed E-state index contributed by atoms with van der Waals surface area (Å²) in [7, 11) is 0. The Morgan fingerprint density at radius 2 is 2.12 bits per heavy atom. The summed E-state index contributed by atoms with van der Waals surface area (Å²) in [6.07, 6.45) is 4.49. The number of carbonyl (C=O) groups excluding carboxylic acids is 1. The van der Waals surface area contributed by atoms with Gasteiger partial charge in [-0.2, -0.15) is 0 Å². The summed E-state index contributed by atoms with van der Waals surface area (Å²) in [6, 6.07) is 5.22. The van der Waals surface area contributed by atoms with E-state index >= 15 is 0 Å². The quantitative estimate of drug-likeness (QED) is 0.863. The molecule has 0 aromatic heterocycles. The molecule has 1 aliphatic rings. The van der Waals surface area contributed by atoms with Gasteiger partial charge in [-0.1, -0.05) is 30.5 Å². The highest BCUT2D eigenvalue weighted by molar-refractivity contribution is 9.10. The average molecular weight is 319 g/mol. The smallest absolute Gasteiger partial charge is 0.270 e. The molecule has 0 unspecified atom stereocenters. The summed E-state index contributed by atoms with van der Waals surface area (Å²) in [4.78, 5) is 17.2. The van der Waals surface area contributed by atoms with Gasteiger partial charge in [0, 0.05) is 4.47 Å². The zero-order valence-electron chi connectivity index (χ0n) is 9.21. The first kappa shape index (κ1) is 12.9. The predicted molar refractivity (Wildman–Crippen MR) is 70.0 cm³/mol. The number of halogens is 2. The van der Waals surface area contributed by atoms with Crippen LogP contribution in [0.3, 0.4) is 0 Å². The maximum absolute atomic E-state index is 11.8. The first-order valence-corrected chi connectivity index (χ1v) is 6.75. The van der Waals surface area contributed by atoms with Gasteiger partial charge < -0.3 is 0 Å². The molecule has 0 radical (unpaired) electrons. The van der Waals surface area contributed by atoms with Crippen LogP contribution in [0.2, 0.25) is 5.02 Å². The minimum Gasteiger partial charge on any atom is -0.270 e. The van der Waals surface area contributed by atoms with E-state index in [0.29, 0.717) is 15.1 Å². The number of carbonyl (C=O) groups is 1. The van der Waals surface area contributed by atoms with Gasteiger partial charge >= 0.3 is 0 Å². The zero-order chi connectivity index (χ0) is 12.3. The molecule has 0 bridgehead atoms. The Hall–Kier alpha value is -0.580. The van der Waals surface area contributed by atoms with Crippen molar-refractivity contribution in [2.75, 3.05) is 0 Å². The monoisotopic (exact) mass is 317 g/mol. The molecule has 0 atom stereocenters. The lowest BCUT2D eigenvalue weighted by Crippen LogP contribution is -2.28. The third kappa shape index (κ3) is 3.21. The lowest BCUT2D eigenvalue weighted by Gasteiger charge is -2.12. The first-order chi connectivity index (χ1) is 8.18. The van der Waals surface area contributed by atoms with Gasteiger partial charge in [0.1, 0.15) is 0 Å². The zero-order valence-corrected chi connectivity index (χ0v) is 11.6. The highest BCUT2D eigenvalue weighted by atomic mass is 79.9.